The zero-order chi connectivity index (χ0) is 18.9. The first-order valence-electron chi connectivity index (χ1n) is 10.2. The Bertz CT molecular complexity index is 689. The van der Waals surface area contributed by atoms with E-state index in [0.29, 0.717) is 25.3 Å². The van der Waals surface area contributed by atoms with E-state index in [9.17, 15) is 9.59 Å². The van der Waals surface area contributed by atoms with Crippen molar-refractivity contribution in [2.75, 3.05) is 19.7 Å². The number of carbonyl (C=O) groups excluding carboxylic acids is 2. The molecule has 1 aliphatic heterocycles. The third-order valence-corrected chi connectivity index (χ3v) is 6.59. The topological polar surface area (TPSA) is 68.7 Å². The van der Waals surface area contributed by atoms with Crippen LogP contribution in [0.2, 0.25) is 0 Å². The molecule has 146 valence electrons. The van der Waals surface area contributed by atoms with Crippen molar-refractivity contribution in [1.82, 2.24) is 9.88 Å². The Morgan fingerprint density at radius 3 is 2.67 bits per heavy atom. The minimum atomic E-state index is -0.229. The summed E-state index contributed by atoms with van der Waals surface area (Å²) in [5.41, 5.74) is 0.679. The van der Waals surface area contributed by atoms with Gasteiger partial charge in [-0.25, -0.2) is 0 Å². The van der Waals surface area contributed by atoms with E-state index in [-0.39, 0.29) is 35.4 Å². The summed E-state index contributed by atoms with van der Waals surface area (Å²) in [6.07, 6.45) is 9.26. The Kier molecular flexibility index (Phi) is 5.17. The van der Waals surface area contributed by atoms with Crippen LogP contribution in [0.25, 0.3) is 0 Å². The lowest BCUT2D eigenvalue weighted by Gasteiger charge is -2.59. The number of rotatable bonds is 5. The number of nitrogens with zero attached hydrogens (tertiary/aromatic N) is 2. The first-order valence-corrected chi connectivity index (χ1v) is 10.2. The number of esters is 1. The first kappa shape index (κ1) is 18.4. The lowest BCUT2D eigenvalue weighted by atomic mass is 9.52. The monoisotopic (exact) mass is 372 g/mol. The van der Waals surface area contributed by atoms with Crippen LogP contribution in [0.1, 0.15) is 55.8 Å². The van der Waals surface area contributed by atoms with Crippen molar-refractivity contribution < 1.29 is 19.1 Å². The van der Waals surface area contributed by atoms with Crippen LogP contribution in [0, 0.1) is 11.3 Å². The summed E-state index contributed by atoms with van der Waals surface area (Å²) >= 11 is 0. The molecule has 1 saturated heterocycles. The third-order valence-electron chi connectivity index (χ3n) is 6.59. The van der Waals surface area contributed by atoms with Gasteiger partial charge in [0, 0.05) is 49.5 Å². The second-order valence-electron chi connectivity index (χ2n) is 8.02. The molecule has 3 fully saturated rings. The summed E-state index contributed by atoms with van der Waals surface area (Å²) in [6.45, 7) is 3.85. The number of pyridine rings is 1. The predicted octanol–water partition coefficient (Wildman–Crippen LogP) is 2.82. The largest absolute Gasteiger partial charge is 0.461 e. The van der Waals surface area contributed by atoms with Crippen LogP contribution < -0.4 is 0 Å². The number of hydrogen-bond donors (Lipinski definition) is 0. The predicted molar refractivity (Wildman–Crippen MR) is 99.1 cm³/mol. The highest BCUT2D eigenvalue weighted by Crippen LogP contribution is 2.58. The minimum absolute atomic E-state index is 0.0124. The van der Waals surface area contributed by atoms with Crippen molar-refractivity contribution in [2.24, 2.45) is 11.3 Å². The van der Waals surface area contributed by atoms with E-state index in [1.165, 1.54) is 6.42 Å². The van der Waals surface area contributed by atoms with E-state index >= 15 is 0 Å². The van der Waals surface area contributed by atoms with Gasteiger partial charge in [0.2, 0.25) is 0 Å². The lowest BCUT2D eigenvalue weighted by Crippen LogP contribution is -2.63. The zero-order valence-corrected chi connectivity index (χ0v) is 15.9. The number of amides is 1. The van der Waals surface area contributed by atoms with Crippen LogP contribution in [-0.2, 0) is 14.3 Å². The summed E-state index contributed by atoms with van der Waals surface area (Å²) in [5, 5.41) is 0. The minimum Gasteiger partial charge on any atom is -0.461 e. The summed E-state index contributed by atoms with van der Waals surface area (Å²) in [7, 11) is 0. The Hall–Kier alpha value is -1.95. The van der Waals surface area contributed by atoms with E-state index in [1.54, 1.807) is 29.4 Å². The zero-order valence-electron chi connectivity index (χ0n) is 15.9. The van der Waals surface area contributed by atoms with Gasteiger partial charge in [0.25, 0.3) is 5.91 Å². The van der Waals surface area contributed by atoms with Crippen LogP contribution in [0.3, 0.4) is 0 Å². The van der Waals surface area contributed by atoms with Gasteiger partial charge in [0.1, 0.15) is 6.10 Å². The van der Waals surface area contributed by atoms with Gasteiger partial charge in [-0.1, -0.05) is 6.42 Å². The maximum absolute atomic E-state index is 12.8. The van der Waals surface area contributed by atoms with Gasteiger partial charge in [-0.2, -0.15) is 0 Å². The average molecular weight is 372 g/mol. The summed E-state index contributed by atoms with van der Waals surface area (Å²) in [4.78, 5) is 31.2. The van der Waals surface area contributed by atoms with Crippen molar-refractivity contribution in [3.8, 4) is 0 Å². The Morgan fingerprint density at radius 2 is 2.00 bits per heavy atom. The molecule has 2 saturated carbocycles. The molecule has 0 radical (unpaired) electrons. The second-order valence-corrected chi connectivity index (χ2v) is 8.02. The number of carbonyl (C=O) groups is 2. The molecule has 0 unspecified atom stereocenters. The van der Waals surface area contributed by atoms with Crippen molar-refractivity contribution in [3.05, 3.63) is 30.1 Å². The lowest BCUT2D eigenvalue weighted by molar-refractivity contribution is -0.241. The summed E-state index contributed by atoms with van der Waals surface area (Å²) in [6, 6.07) is 3.43. The van der Waals surface area contributed by atoms with Crippen LogP contribution in [0.5, 0.6) is 0 Å². The van der Waals surface area contributed by atoms with Crippen molar-refractivity contribution in [1.29, 1.82) is 0 Å². The molecule has 0 bridgehead atoms. The highest BCUT2D eigenvalue weighted by atomic mass is 16.6. The number of hydrogen-bond acceptors (Lipinski definition) is 5. The molecule has 1 amide bonds. The molecule has 0 N–H and O–H groups in total. The smallest absolute Gasteiger partial charge is 0.311 e. The van der Waals surface area contributed by atoms with Crippen molar-refractivity contribution in [2.45, 2.75) is 57.7 Å². The normalized spacial score (nSPS) is 28.9. The quantitative estimate of drug-likeness (QED) is 0.744. The molecule has 0 aromatic carbocycles. The Morgan fingerprint density at radius 1 is 1.22 bits per heavy atom. The van der Waals surface area contributed by atoms with Crippen LogP contribution >= 0.6 is 0 Å². The van der Waals surface area contributed by atoms with E-state index in [2.05, 4.69) is 4.98 Å². The molecular weight excluding hydrogens is 344 g/mol. The van der Waals surface area contributed by atoms with E-state index in [4.69, 9.17) is 9.47 Å². The summed E-state index contributed by atoms with van der Waals surface area (Å²) in [5.74, 6) is -0.410. The maximum Gasteiger partial charge on any atom is 0.311 e. The molecule has 2 aliphatic carbocycles. The number of likely N-dealkylation sites (tertiary alicyclic amines) is 1. The summed E-state index contributed by atoms with van der Waals surface area (Å²) < 4.78 is 11.8. The molecule has 3 atom stereocenters. The number of ether oxygens (including phenoxy) is 2. The van der Waals surface area contributed by atoms with Gasteiger partial charge in [-0.3, -0.25) is 14.6 Å². The van der Waals surface area contributed by atoms with Crippen molar-refractivity contribution in [3.63, 3.8) is 0 Å². The molecular formula is C21H28N2O4. The van der Waals surface area contributed by atoms with Gasteiger partial charge < -0.3 is 14.4 Å². The SMILES string of the molecule is CCO[C@@H]1C[C@H](OC(=O)[C@@H]2CCCN(C(=O)c3ccncc3)C2)C12CCC2. The molecule has 27 heavy (non-hydrogen) atoms. The molecule has 4 rings (SSSR count). The van der Waals surface area contributed by atoms with Gasteiger partial charge in [-0.05, 0) is 44.7 Å². The average Bonchev–Trinajstić information content (AvgIpc) is 2.66. The maximum atomic E-state index is 12.8. The fraction of sp³-hybridized carbons (Fsp3) is 0.667. The molecule has 2 heterocycles. The second kappa shape index (κ2) is 7.58. The van der Waals surface area contributed by atoms with Gasteiger partial charge in [0.15, 0.2) is 0 Å². The van der Waals surface area contributed by atoms with Gasteiger partial charge in [-0.15, -0.1) is 0 Å². The van der Waals surface area contributed by atoms with Crippen molar-refractivity contribution >= 4 is 11.9 Å². The number of piperidine rings is 1. The van der Waals surface area contributed by atoms with Crippen LogP contribution in [0.4, 0.5) is 0 Å². The molecule has 1 aromatic rings. The Balaban J connectivity index is 1.35. The fourth-order valence-corrected chi connectivity index (χ4v) is 4.81. The van der Waals surface area contributed by atoms with E-state index in [0.717, 1.165) is 32.1 Å². The van der Waals surface area contributed by atoms with E-state index in [1.807, 2.05) is 6.92 Å². The highest BCUT2D eigenvalue weighted by molar-refractivity contribution is 5.94. The standard InChI is InChI=1S/C21H28N2O4/c1-2-26-17-13-18(21(17)8-4-9-21)27-20(25)16-5-3-12-23(14-16)19(24)15-6-10-22-11-7-15/h6-7,10-11,16-18H,2-5,8-9,12-14H2,1H3/t16-,17-,18+/m1/s1. The number of aromatic nitrogens is 1. The third kappa shape index (κ3) is 3.35. The van der Waals surface area contributed by atoms with Gasteiger partial charge >= 0.3 is 5.97 Å². The fourth-order valence-electron chi connectivity index (χ4n) is 4.81. The molecule has 1 spiro atoms. The molecule has 6 heteroatoms. The Labute approximate surface area is 160 Å². The van der Waals surface area contributed by atoms with Crippen LogP contribution in [-0.4, -0.2) is 53.7 Å². The first-order chi connectivity index (χ1) is 13.1. The van der Waals surface area contributed by atoms with E-state index < -0.39 is 0 Å². The highest BCUT2D eigenvalue weighted by Gasteiger charge is 2.61. The van der Waals surface area contributed by atoms with Crippen LogP contribution in [0.15, 0.2) is 24.5 Å². The van der Waals surface area contributed by atoms with Gasteiger partial charge in [0.05, 0.1) is 12.0 Å². The molecule has 6 nitrogen and oxygen atoms in total. The molecule has 3 aliphatic rings. The molecule has 1 aromatic heterocycles.